The molecule has 0 aliphatic carbocycles. The van der Waals surface area contributed by atoms with E-state index < -0.39 is 0 Å². The number of anilines is 1. The fraction of sp³-hybridized carbons (Fsp3) is 0.545. The Morgan fingerprint density at radius 3 is 2.82 bits per heavy atom. The Hall–Kier alpha value is -2.34. The number of aromatic nitrogens is 2. The van der Waals surface area contributed by atoms with Crippen LogP contribution in [0.2, 0.25) is 0 Å². The Balaban J connectivity index is 1.51. The van der Waals surface area contributed by atoms with Crippen molar-refractivity contribution >= 4 is 11.7 Å². The van der Waals surface area contributed by atoms with Gasteiger partial charge in [-0.05, 0) is 50.4 Å². The molecule has 0 bridgehead atoms. The van der Waals surface area contributed by atoms with Gasteiger partial charge in [-0.1, -0.05) is 26.0 Å². The lowest BCUT2D eigenvalue weighted by Crippen LogP contribution is -2.35. The van der Waals surface area contributed by atoms with Crippen molar-refractivity contribution in [2.75, 3.05) is 25.0 Å². The molecule has 1 aromatic heterocycles. The van der Waals surface area contributed by atoms with Gasteiger partial charge in [-0.2, -0.15) is 0 Å². The van der Waals surface area contributed by atoms with Crippen molar-refractivity contribution in [1.29, 1.82) is 0 Å². The lowest BCUT2D eigenvalue weighted by molar-refractivity contribution is 0.247. The Labute approximate surface area is 168 Å². The van der Waals surface area contributed by atoms with Gasteiger partial charge in [0, 0.05) is 49.7 Å². The molecular formula is C22H33N5O. The highest BCUT2D eigenvalue weighted by Crippen LogP contribution is 2.18. The molecule has 1 aliphatic rings. The van der Waals surface area contributed by atoms with Crippen molar-refractivity contribution < 1.29 is 4.79 Å². The smallest absolute Gasteiger partial charge is 0.319 e. The molecule has 28 heavy (non-hydrogen) atoms. The molecule has 1 unspecified atom stereocenters. The highest BCUT2D eigenvalue weighted by molar-refractivity contribution is 5.89. The van der Waals surface area contributed by atoms with E-state index in [0.717, 1.165) is 49.7 Å². The van der Waals surface area contributed by atoms with E-state index in [-0.39, 0.29) is 6.03 Å². The van der Waals surface area contributed by atoms with Crippen LogP contribution in [0.5, 0.6) is 0 Å². The van der Waals surface area contributed by atoms with E-state index in [0.29, 0.717) is 17.9 Å². The minimum absolute atomic E-state index is 0.134. The summed E-state index contributed by atoms with van der Waals surface area (Å²) >= 11 is 0. The molecule has 0 radical (unpaired) electrons. The van der Waals surface area contributed by atoms with Gasteiger partial charge < -0.3 is 20.1 Å². The van der Waals surface area contributed by atoms with E-state index in [1.54, 1.807) is 0 Å². The van der Waals surface area contributed by atoms with Gasteiger partial charge in [0.1, 0.15) is 5.82 Å². The summed E-state index contributed by atoms with van der Waals surface area (Å²) in [5, 5.41) is 6.00. The molecule has 3 rings (SSSR count). The van der Waals surface area contributed by atoms with Crippen LogP contribution in [0.4, 0.5) is 10.5 Å². The molecule has 1 fully saturated rings. The number of nitrogens with zero attached hydrogens (tertiary/aromatic N) is 3. The summed E-state index contributed by atoms with van der Waals surface area (Å²) in [6.07, 6.45) is 5.00. The molecule has 2 aromatic rings. The summed E-state index contributed by atoms with van der Waals surface area (Å²) in [6.45, 7) is 12.4. The van der Waals surface area contributed by atoms with E-state index in [9.17, 15) is 4.79 Å². The maximum atomic E-state index is 12.3. The molecule has 2 N–H and O–H groups in total. The lowest BCUT2D eigenvalue weighted by atomic mass is 10.1. The second-order valence-electron chi connectivity index (χ2n) is 8.35. The van der Waals surface area contributed by atoms with Gasteiger partial charge in [-0.25, -0.2) is 9.78 Å². The number of likely N-dealkylation sites (tertiary alicyclic amines) is 1. The average Bonchev–Trinajstić information content (AvgIpc) is 3.29. The van der Waals surface area contributed by atoms with Crippen LogP contribution in [0.1, 0.15) is 51.4 Å². The minimum Gasteiger partial charge on any atom is -0.338 e. The zero-order chi connectivity index (χ0) is 20.1. The normalized spacial score (nSPS) is 17.4. The maximum absolute atomic E-state index is 12.3. The molecule has 1 atom stereocenters. The SMILES string of the molecule is CC(C)c1nccn1Cc1cccc(NC(=O)NCC2CCN(C(C)C)C2)c1. The number of urea groups is 1. The molecule has 0 spiro atoms. The molecule has 0 saturated carbocycles. The quantitative estimate of drug-likeness (QED) is 0.762. The number of amides is 2. The third-order valence-electron chi connectivity index (χ3n) is 5.40. The van der Waals surface area contributed by atoms with Crippen LogP contribution in [-0.2, 0) is 6.54 Å². The van der Waals surface area contributed by atoms with Crippen LogP contribution < -0.4 is 10.6 Å². The Kier molecular flexibility index (Phi) is 6.73. The predicted molar refractivity (Wildman–Crippen MR) is 114 cm³/mol. The van der Waals surface area contributed by atoms with Crippen LogP contribution in [-0.4, -0.2) is 46.2 Å². The first-order chi connectivity index (χ1) is 13.4. The van der Waals surface area contributed by atoms with Crippen molar-refractivity contribution in [2.24, 2.45) is 5.92 Å². The van der Waals surface area contributed by atoms with Gasteiger partial charge in [-0.3, -0.25) is 0 Å². The zero-order valence-corrected chi connectivity index (χ0v) is 17.5. The van der Waals surface area contributed by atoms with E-state index in [1.807, 2.05) is 30.6 Å². The van der Waals surface area contributed by atoms with Crippen LogP contribution >= 0.6 is 0 Å². The first-order valence-electron chi connectivity index (χ1n) is 10.3. The number of rotatable bonds is 7. The van der Waals surface area contributed by atoms with E-state index in [4.69, 9.17) is 0 Å². The van der Waals surface area contributed by atoms with E-state index in [1.165, 1.54) is 0 Å². The number of hydrogen-bond acceptors (Lipinski definition) is 3. The van der Waals surface area contributed by atoms with Gasteiger partial charge in [0.05, 0.1) is 0 Å². The van der Waals surface area contributed by atoms with Gasteiger partial charge in [-0.15, -0.1) is 0 Å². The van der Waals surface area contributed by atoms with E-state index in [2.05, 4.69) is 58.8 Å². The third-order valence-corrected chi connectivity index (χ3v) is 5.40. The van der Waals surface area contributed by atoms with Crippen LogP contribution in [0.25, 0.3) is 0 Å². The van der Waals surface area contributed by atoms with Crippen LogP contribution in [0.15, 0.2) is 36.7 Å². The van der Waals surface area contributed by atoms with E-state index >= 15 is 0 Å². The number of carbonyl (C=O) groups is 1. The molecule has 2 amide bonds. The third kappa shape index (κ3) is 5.35. The lowest BCUT2D eigenvalue weighted by Gasteiger charge is -2.20. The standard InChI is InChI=1S/C22H33N5O/c1-16(2)21-23-9-11-27(21)14-18-6-5-7-20(12-18)25-22(28)24-13-19-8-10-26(15-19)17(3)4/h5-7,9,11-12,16-17,19H,8,10,13-15H2,1-4H3,(H2,24,25,28). The molecule has 1 aliphatic heterocycles. The van der Waals surface area contributed by atoms with Crippen molar-refractivity contribution in [3.63, 3.8) is 0 Å². The molecule has 152 valence electrons. The second kappa shape index (κ2) is 9.24. The Bertz CT molecular complexity index is 783. The maximum Gasteiger partial charge on any atom is 0.319 e. The summed E-state index contributed by atoms with van der Waals surface area (Å²) in [5.41, 5.74) is 1.96. The summed E-state index contributed by atoms with van der Waals surface area (Å²) in [4.78, 5) is 19.2. The molecule has 1 aromatic carbocycles. The average molecular weight is 384 g/mol. The summed E-state index contributed by atoms with van der Waals surface area (Å²) in [7, 11) is 0. The predicted octanol–water partition coefficient (Wildman–Crippen LogP) is 3.91. The molecular weight excluding hydrogens is 350 g/mol. The Morgan fingerprint density at radius 1 is 1.29 bits per heavy atom. The number of carbonyl (C=O) groups excluding carboxylic acids is 1. The number of benzene rings is 1. The van der Waals surface area contributed by atoms with Gasteiger partial charge in [0.15, 0.2) is 0 Å². The van der Waals surface area contributed by atoms with Crippen LogP contribution in [0.3, 0.4) is 0 Å². The van der Waals surface area contributed by atoms with Gasteiger partial charge in [0.25, 0.3) is 0 Å². The topological polar surface area (TPSA) is 62.2 Å². The molecule has 2 heterocycles. The summed E-state index contributed by atoms with van der Waals surface area (Å²) in [5.74, 6) is 1.99. The second-order valence-corrected chi connectivity index (χ2v) is 8.35. The fourth-order valence-corrected chi connectivity index (χ4v) is 3.81. The van der Waals surface area contributed by atoms with Crippen molar-refractivity contribution in [3.8, 4) is 0 Å². The van der Waals surface area contributed by atoms with Crippen molar-refractivity contribution in [2.45, 2.75) is 52.6 Å². The number of nitrogens with one attached hydrogen (secondary N) is 2. The van der Waals surface area contributed by atoms with Crippen molar-refractivity contribution in [1.82, 2.24) is 19.8 Å². The Morgan fingerprint density at radius 2 is 2.11 bits per heavy atom. The number of imidazole rings is 1. The minimum atomic E-state index is -0.134. The largest absolute Gasteiger partial charge is 0.338 e. The monoisotopic (exact) mass is 383 g/mol. The molecule has 1 saturated heterocycles. The summed E-state index contributed by atoms with van der Waals surface area (Å²) < 4.78 is 2.16. The number of hydrogen-bond donors (Lipinski definition) is 2. The molecule has 6 nitrogen and oxygen atoms in total. The highest BCUT2D eigenvalue weighted by atomic mass is 16.2. The zero-order valence-electron chi connectivity index (χ0n) is 17.5. The first-order valence-corrected chi connectivity index (χ1v) is 10.3. The first kappa shape index (κ1) is 20.4. The van der Waals surface area contributed by atoms with Gasteiger partial charge >= 0.3 is 6.03 Å². The molecule has 6 heteroatoms. The van der Waals surface area contributed by atoms with Gasteiger partial charge in [0.2, 0.25) is 0 Å². The summed E-state index contributed by atoms with van der Waals surface area (Å²) in [6, 6.07) is 8.45. The highest BCUT2D eigenvalue weighted by Gasteiger charge is 2.24. The fourth-order valence-electron chi connectivity index (χ4n) is 3.81. The van der Waals surface area contributed by atoms with Crippen LogP contribution in [0, 0.1) is 5.92 Å². The van der Waals surface area contributed by atoms with Crippen molar-refractivity contribution in [3.05, 3.63) is 48.0 Å².